The fourth-order valence-electron chi connectivity index (χ4n) is 1.60. The molecule has 0 atom stereocenters. The summed E-state index contributed by atoms with van der Waals surface area (Å²) in [6.07, 6.45) is 1.38. The van der Waals surface area contributed by atoms with E-state index in [-0.39, 0.29) is 4.90 Å². The second-order valence-corrected chi connectivity index (χ2v) is 6.15. The van der Waals surface area contributed by atoms with Gasteiger partial charge in [0.15, 0.2) is 0 Å². The quantitative estimate of drug-likeness (QED) is 0.679. The topological polar surface area (TPSA) is 67.8 Å². The van der Waals surface area contributed by atoms with Crippen LogP contribution in [-0.4, -0.2) is 21.7 Å². The van der Waals surface area contributed by atoms with Gasteiger partial charge in [0.2, 0.25) is 0 Å². The van der Waals surface area contributed by atoms with Crippen LogP contribution in [0.1, 0.15) is 5.56 Å². The van der Waals surface area contributed by atoms with E-state index in [1.165, 1.54) is 37.6 Å². The molecule has 21 heavy (non-hydrogen) atoms. The molecule has 2 aromatic rings. The molecular formula is C14H13ClN2O3S. The van der Waals surface area contributed by atoms with Crippen LogP contribution < -0.4 is 9.57 Å². The first-order chi connectivity index (χ1) is 10.0. The minimum Gasteiger partial charge on any atom is -0.496 e. The van der Waals surface area contributed by atoms with E-state index in [2.05, 4.69) is 9.93 Å². The van der Waals surface area contributed by atoms with E-state index in [1.54, 1.807) is 18.2 Å². The Morgan fingerprint density at radius 1 is 1.14 bits per heavy atom. The van der Waals surface area contributed by atoms with Gasteiger partial charge in [-0.15, -0.1) is 0 Å². The van der Waals surface area contributed by atoms with Crippen LogP contribution in [0.25, 0.3) is 0 Å². The van der Waals surface area contributed by atoms with Crippen molar-refractivity contribution in [3.8, 4) is 5.75 Å². The van der Waals surface area contributed by atoms with Crippen LogP contribution in [0.3, 0.4) is 0 Å². The lowest BCUT2D eigenvalue weighted by Gasteiger charge is -2.05. The Hall–Kier alpha value is -2.05. The molecule has 7 heteroatoms. The number of rotatable bonds is 5. The van der Waals surface area contributed by atoms with Crippen LogP contribution in [0.2, 0.25) is 5.02 Å². The number of benzene rings is 2. The van der Waals surface area contributed by atoms with Gasteiger partial charge in [-0.25, -0.2) is 4.83 Å². The molecule has 0 aliphatic rings. The summed E-state index contributed by atoms with van der Waals surface area (Å²) in [7, 11) is -2.18. The first-order valence-corrected chi connectivity index (χ1v) is 7.82. The van der Waals surface area contributed by atoms with Crippen LogP contribution in [0, 0.1) is 0 Å². The van der Waals surface area contributed by atoms with E-state index in [1.807, 2.05) is 6.07 Å². The minimum atomic E-state index is -3.71. The molecule has 0 unspecified atom stereocenters. The van der Waals surface area contributed by atoms with Crippen LogP contribution >= 0.6 is 11.6 Å². The number of hydrazone groups is 1. The number of nitrogens with zero attached hydrogens (tertiary/aromatic N) is 1. The molecule has 0 aliphatic carbocycles. The fourth-order valence-corrected chi connectivity index (χ4v) is 2.52. The van der Waals surface area contributed by atoms with Gasteiger partial charge in [0.1, 0.15) is 5.75 Å². The number of ether oxygens (including phenoxy) is 1. The second kappa shape index (κ2) is 6.60. The summed E-state index contributed by atoms with van der Waals surface area (Å²) in [4.78, 5) is 2.22. The Morgan fingerprint density at radius 3 is 2.48 bits per heavy atom. The third-order valence-corrected chi connectivity index (χ3v) is 4.13. The number of methoxy groups -OCH3 is 1. The van der Waals surface area contributed by atoms with E-state index < -0.39 is 10.0 Å². The van der Waals surface area contributed by atoms with Gasteiger partial charge in [-0.05, 0) is 36.4 Å². The molecule has 1 N–H and O–H groups in total. The molecule has 0 heterocycles. The predicted molar refractivity (Wildman–Crippen MR) is 82.4 cm³/mol. The van der Waals surface area contributed by atoms with Crippen LogP contribution in [0.15, 0.2) is 58.5 Å². The molecule has 2 aromatic carbocycles. The van der Waals surface area contributed by atoms with Crippen LogP contribution in [0.5, 0.6) is 5.75 Å². The van der Waals surface area contributed by atoms with Gasteiger partial charge in [0.25, 0.3) is 10.0 Å². The summed E-state index contributed by atoms with van der Waals surface area (Å²) >= 11 is 5.72. The van der Waals surface area contributed by atoms with Gasteiger partial charge in [-0.1, -0.05) is 23.7 Å². The average molecular weight is 325 g/mol. The monoisotopic (exact) mass is 324 g/mol. The highest BCUT2D eigenvalue weighted by Crippen LogP contribution is 2.15. The Morgan fingerprint density at radius 2 is 1.81 bits per heavy atom. The highest BCUT2D eigenvalue weighted by molar-refractivity contribution is 7.89. The number of halogens is 1. The third-order valence-electron chi connectivity index (χ3n) is 2.64. The average Bonchev–Trinajstić information content (AvgIpc) is 2.48. The Labute approximate surface area is 128 Å². The van der Waals surface area contributed by atoms with Crippen molar-refractivity contribution in [2.45, 2.75) is 4.90 Å². The fraction of sp³-hybridized carbons (Fsp3) is 0.0714. The zero-order chi connectivity index (χ0) is 15.3. The summed E-state index contributed by atoms with van der Waals surface area (Å²) in [5, 5.41) is 4.21. The van der Waals surface area contributed by atoms with Crippen molar-refractivity contribution in [1.82, 2.24) is 4.83 Å². The number of hydrogen-bond donors (Lipinski definition) is 1. The molecule has 0 fully saturated rings. The highest BCUT2D eigenvalue weighted by Gasteiger charge is 2.12. The van der Waals surface area contributed by atoms with Crippen molar-refractivity contribution in [1.29, 1.82) is 0 Å². The zero-order valence-electron chi connectivity index (χ0n) is 11.2. The van der Waals surface area contributed by atoms with E-state index >= 15 is 0 Å². The van der Waals surface area contributed by atoms with Gasteiger partial charge in [-0.3, -0.25) is 0 Å². The lowest BCUT2D eigenvalue weighted by Crippen LogP contribution is -2.18. The second-order valence-electron chi connectivity index (χ2n) is 4.05. The summed E-state index contributed by atoms with van der Waals surface area (Å²) in [6.45, 7) is 0. The summed E-state index contributed by atoms with van der Waals surface area (Å²) in [6, 6.07) is 13.0. The third kappa shape index (κ3) is 3.96. The van der Waals surface area contributed by atoms with Crippen molar-refractivity contribution in [2.75, 3.05) is 7.11 Å². The van der Waals surface area contributed by atoms with Gasteiger partial charge in [0.05, 0.1) is 18.2 Å². The Bertz CT molecular complexity index is 743. The maximum absolute atomic E-state index is 12.0. The van der Waals surface area contributed by atoms with Gasteiger partial charge in [0, 0.05) is 10.6 Å². The molecule has 0 saturated heterocycles. The molecule has 0 amide bonds. The maximum atomic E-state index is 12.0. The zero-order valence-corrected chi connectivity index (χ0v) is 12.7. The van der Waals surface area contributed by atoms with E-state index in [9.17, 15) is 8.42 Å². The molecule has 0 saturated carbocycles. The first-order valence-electron chi connectivity index (χ1n) is 5.96. The molecule has 0 radical (unpaired) electrons. The van der Waals surface area contributed by atoms with Crippen molar-refractivity contribution in [3.63, 3.8) is 0 Å². The molecular weight excluding hydrogens is 312 g/mol. The molecule has 0 aromatic heterocycles. The summed E-state index contributed by atoms with van der Waals surface area (Å²) in [5.74, 6) is 0.604. The highest BCUT2D eigenvalue weighted by atomic mass is 35.5. The van der Waals surface area contributed by atoms with Gasteiger partial charge in [-0.2, -0.15) is 13.5 Å². The van der Waals surface area contributed by atoms with Gasteiger partial charge < -0.3 is 4.74 Å². The van der Waals surface area contributed by atoms with Crippen molar-refractivity contribution in [2.24, 2.45) is 5.10 Å². The minimum absolute atomic E-state index is 0.0871. The molecule has 5 nitrogen and oxygen atoms in total. The lowest BCUT2D eigenvalue weighted by molar-refractivity contribution is 0.414. The smallest absolute Gasteiger partial charge is 0.276 e. The first kappa shape index (κ1) is 15.3. The standard InChI is InChI=1S/C14H13ClN2O3S/c1-20-14-5-3-2-4-11(14)10-16-17-21(18,19)13-8-6-12(15)7-9-13/h2-10,17H,1H3/b16-10-. The van der Waals surface area contributed by atoms with Crippen LogP contribution in [-0.2, 0) is 10.0 Å². The van der Waals surface area contributed by atoms with Crippen molar-refractivity contribution in [3.05, 3.63) is 59.1 Å². The number of sulfonamides is 1. The SMILES string of the molecule is COc1ccccc1/C=N\NS(=O)(=O)c1ccc(Cl)cc1. The molecule has 0 aliphatic heterocycles. The molecule has 2 rings (SSSR count). The van der Waals surface area contributed by atoms with E-state index in [0.29, 0.717) is 16.3 Å². The van der Waals surface area contributed by atoms with Crippen molar-refractivity contribution >= 4 is 27.8 Å². The summed E-state index contributed by atoms with van der Waals surface area (Å²) < 4.78 is 29.1. The van der Waals surface area contributed by atoms with Crippen LogP contribution in [0.4, 0.5) is 0 Å². The van der Waals surface area contributed by atoms with E-state index in [0.717, 1.165) is 0 Å². The molecule has 0 spiro atoms. The normalized spacial score (nSPS) is 11.5. The largest absolute Gasteiger partial charge is 0.496 e. The number of nitrogens with one attached hydrogen (secondary N) is 1. The number of hydrogen-bond acceptors (Lipinski definition) is 4. The Balaban J connectivity index is 2.14. The van der Waals surface area contributed by atoms with Crippen molar-refractivity contribution < 1.29 is 13.2 Å². The van der Waals surface area contributed by atoms with Gasteiger partial charge >= 0.3 is 0 Å². The maximum Gasteiger partial charge on any atom is 0.276 e. The summed E-state index contributed by atoms with van der Waals surface area (Å²) in [5.41, 5.74) is 0.666. The Kier molecular flexibility index (Phi) is 4.82. The number of para-hydroxylation sites is 1. The molecule has 0 bridgehead atoms. The lowest BCUT2D eigenvalue weighted by atomic mass is 10.2. The molecule has 110 valence electrons. The van der Waals surface area contributed by atoms with E-state index in [4.69, 9.17) is 16.3 Å². The predicted octanol–water partition coefficient (Wildman–Crippen LogP) is 2.66.